The predicted molar refractivity (Wildman–Crippen MR) is 69.9 cm³/mol. The van der Waals surface area contributed by atoms with Gasteiger partial charge in [-0.15, -0.1) is 18.3 Å². The van der Waals surface area contributed by atoms with Gasteiger partial charge in [0.1, 0.15) is 5.82 Å². The third kappa shape index (κ3) is 3.11. The van der Waals surface area contributed by atoms with Gasteiger partial charge in [-0.3, -0.25) is 0 Å². The molecular formula is C16H17F. The Morgan fingerprint density at radius 2 is 1.94 bits per heavy atom. The quantitative estimate of drug-likeness (QED) is 0.685. The van der Waals surface area contributed by atoms with Gasteiger partial charge in [-0.2, -0.15) is 0 Å². The minimum absolute atomic E-state index is 0.238. The number of halogens is 1. The molecular weight excluding hydrogens is 211 g/mol. The molecule has 0 saturated carbocycles. The van der Waals surface area contributed by atoms with Crippen LogP contribution in [0.5, 0.6) is 0 Å². The summed E-state index contributed by atoms with van der Waals surface area (Å²) in [5.41, 5.74) is 0.594. The fraction of sp³-hybridized carbons (Fsp3) is 0.375. The first-order valence-electron chi connectivity index (χ1n) is 5.82. The molecule has 88 valence electrons. The van der Waals surface area contributed by atoms with Crippen LogP contribution in [0.15, 0.2) is 24.3 Å². The maximum Gasteiger partial charge on any atom is 0.123 e. The van der Waals surface area contributed by atoms with Crippen molar-refractivity contribution in [2.24, 2.45) is 0 Å². The summed E-state index contributed by atoms with van der Waals surface area (Å²) in [6.07, 6.45) is 8.16. The summed E-state index contributed by atoms with van der Waals surface area (Å²) in [4.78, 5) is 0. The summed E-state index contributed by atoms with van der Waals surface area (Å²) in [5.74, 6) is 8.55. The molecule has 0 heterocycles. The summed E-state index contributed by atoms with van der Waals surface area (Å²) in [5, 5.41) is 0. The highest BCUT2D eigenvalue weighted by Crippen LogP contribution is 2.32. The van der Waals surface area contributed by atoms with E-state index < -0.39 is 0 Å². The van der Waals surface area contributed by atoms with E-state index in [1.807, 2.05) is 0 Å². The average molecular weight is 228 g/mol. The Bertz CT molecular complexity index is 453. The van der Waals surface area contributed by atoms with E-state index in [9.17, 15) is 4.39 Å². The molecule has 1 rings (SSSR count). The molecule has 1 unspecified atom stereocenters. The Hall–Kier alpha value is -1.73. The van der Waals surface area contributed by atoms with E-state index in [4.69, 9.17) is 6.42 Å². The lowest BCUT2D eigenvalue weighted by Gasteiger charge is -2.26. The summed E-state index contributed by atoms with van der Waals surface area (Å²) in [6, 6.07) is 6.44. The molecule has 0 aliphatic heterocycles. The topological polar surface area (TPSA) is 0 Å². The molecule has 0 bridgehead atoms. The van der Waals surface area contributed by atoms with Crippen LogP contribution in [0.1, 0.15) is 38.7 Å². The molecule has 0 saturated heterocycles. The van der Waals surface area contributed by atoms with Crippen LogP contribution in [0.3, 0.4) is 0 Å². The van der Waals surface area contributed by atoms with E-state index >= 15 is 0 Å². The van der Waals surface area contributed by atoms with Gasteiger partial charge >= 0.3 is 0 Å². The largest absolute Gasteiger partial charge is 0.207 e. The van der Waals surface area contributed by atoms with Gasteiger partial charge in [-0.25, -0.2) is 4.39 Å². The molecule has 1 aromatic rings. The van der Waals surface area contributed by atoms with E-state index in [0.717, 1.165) is 18.4 Å². The first-order valence-corrected chi connectivity index (χ1v) is 5.82. The fourth-order valence-electron chi connectivity index (χ4n) is 1.98. The summed E-state index contributed by atoms with van der Waals surface area (Å²) in [7, 11) is 0. The highest BCUT2D eigenvalue weighted by Gasteiger charge is 2.28. The molecule has 0 aromatic heterocycles. The zero-order chi connectivity index (χ0) is 12.7. The second kappa shape index (κ2) is 6.12. The summed E-state index contributed by atoms with van der Waals surface area (Å²) >= 11 is 0. The SMILES string of the molecule is C#CC(CC#CC)(CCC)c1ccc(F)cc1. The second-order valence-electron chi connectivity index (χ2n) is 4.09. The van der Waals surface area contributed by atoms with Crippen LogP contribution in [-0.2, 0) is 5.41 Å². The van der Waals surface area contributed by atoms with E-state index in [0.29, 0.717) is 6.42 Å². The molecule has 1 aromatic carbocycles. The molecule has 0 fully saturated rings. The summed E-state index contributed by atoms with van der Waals surface area (Å²) < 4.78 is 12.9. The molecule has 1 atom stereocenters. The van der Waals surface area contributed by atoms with Crippen molar-refractivity contribution in [3.8, 4) is 24.2 Å². The zero-order valence-corrected chi connectivity index (χ0v) is 10.4. The fourth-order valence-corrected chi connectivity index (χ4v) is 1.98. The third-order valence-electron chi connectivity index (χ3n) is 2.92. The van der Waals surface area contributed by atoms with Crippen molar-refractivity contribution < 1.29 is 4.39 Å². The summed E-state index contributed by atoms with van der Waals surface area (Å²) in [6.45, 7) is 3.90. The van der Waals surface area contributed by atoms with Crippen molar-refractivity contribution in [1.29, 1.82) is 0 Å². The highest BCUT2D eigenvalue weighted by molar-refractivity contribution is 5.36. The molecule has 0 N–H and O–H groups in total. The van der Waals surface area contributed by atoms with Crippen LogP contribution in [0.25, 0.3) is 0 Å². The molecule has 0 spiro atoms. The van der Waals surface area contributed by atoms with Crippen molar-refractivity contribution in [2.75, 3.05) is 0 Å². The van der Waals surface area contributed by atoms with Gasteiger partial charge in [0.15, 0.2) is 0 Å². The maximum absolute atomic E-state index is 12.9. The molecule has 17 heavy (non-hydrogen) atoms. The molecule has 0 aliphatic rings. The van der Waals surface area contributed by atoms with Crippen LogP contribution in [-0.4, -0.2) is 0 Å². The van der Waals surface area contributed by atoms with Gasteiger partial charge in [0.25, 0.3) is 0 Å². The van der Waals surface area contributed by atoms with Gasteiger partial charge in [0, 0.05) is 6.42 Å². The lowest BCUT2D eigenvalue weighted by molar-refractivity contribution is 0.513. The number of hydrogen-bond donors (Lipinski definition) is 0. The normalized spacial score (nSPS) is 13.1. The van der Waals surface area contributed by atoms with E-state index in [1.165, 1.54) is 12.1 Å². The highest BCUT2D eigenvalue weighted by atomic mass is 19.1. The van der Waals surface area contributed by atoms with Crippen LogP contribution >= 0.6 is 0 Å². The Morgan fingerprint density at radius 1 is 1.29 bits per heavy atom. The van der Waals surface area contributed by atoms with E-state index in [2.05, 4.69) is 24.7 Å². The van der Waals surface area contributed by atoms with Crippen molar-refractivity contribution in [2.45, 2.75) is 38.5 Å². The molecule has 0 radical (unpaired) electrons. The van der Waals surface area contributed by atoms with Gasteiger partial charge in [-0.1, -0.05) is 31.4 Å². The smallest absolute Gasteiger partial charge is 0.123 e. The van der Waals surface area contributed by atoms with E-state index in [1.54, 1.807) is 19.1 Å². The van der Waals surface area contributed by atoms with Crippen LogP contribution in [0, 0.1) is 30.0 Å². The molecule has 0 nitrogen and oxygen atoms in total. The van der Waals surface area contributed by atoms with Gasteiger partial charge in [0.05, 0.1) is 5.41 Å². The third-order valence-corrected chi connectivity index (χ3v) is 2.92. The zero-order valence-electron chi connectivity index (χ0n) is 10.4. The Balaban J connectivity index is 3.15. The minimum Gasteiger partial charge on any atom is -0.207 e. The first kappa shape index (κ1) is 13.3. The van der Waals surface area contributed by atoms with Crippen molar-refractivity contribution in [3.63, 3.8) is 0 Å². The Kier molecular flexibility index (Phi) is 4.80. The molecule has 0 aliphatic carbocycles. The standard InChI is InChI=1S/C16H17F/c1-4-7-13-16(6-3,12-5-2)14-8-10-15(17)11-9-14/h3,8-11H,5,12-13H2,1-2H3. The van der Waals surface area contributed by atoms with Gasteiger partial charge < -0.3 is 0 Å². The van der Waals surface area contributed by atoms with Crippen LogP contribution < -0.4 is 0 Å². The average Bonchev–Trinajstić information content (AvgIpc) is 2.36. The second-order valence-corrected chi connectivity index (χ2v) is 4.09. The number of terminal acetylenes is 1. The molecule has 0 amide bonds. The van der Waals surface area contributed by atoms with Crippen molar-refractivity contribution in [1.82, 2.24) is 0 Å². The lowest BCUT2D eigenvalue weighted by Crippen LogP contribution is -2.23. The van der Waals surface area contributed by atoms with E-state index in [-0.39, 0.29) is 11.2 Å². The van der Waals surface area contributed by atoms with Gasteiger partial charge in [0.2, 0.25) is 0 Å². The van der Waals surface area contributed by atoms with Crippen LogP contribution in [0.4, 0.5) is 4.39 Å². The number of rotatable bonds is 4. The number of benzene rings is 1. The minimum atomic E-state index is -0.383. The van der Waals surface area contributed by atoms with Gasteiger partial charge in [-0.05, 0) is 31.0 Å². The first-order chi connectivity index (χ1) is 8.18. The van der Waals surface area contributed by atoms with Crippen molar-refractivity contribution >= 4 is 0 Å². The maximum atomic E-state index is 12.9. The monoisotopic (exact) mass is 228 g/mol. The Labute approximate surface area is 103 Å². The molecule has 1 heteroatoms. The Morgan fingerprint density at radius 3 is 2.41 bits per heavy atom. The predicted octanol–water partition coefficient (Wildman–Crippen LogP) is 3.91. The lowest BCUT2D eigenvalue weighted by atomic mass is 9.75. The van der Waals surface area contributed by atoms with Crippen LogP contribution in [0.2, 0.25) is 0 Å². The van der Waals surface area contributed by atoms with Crippen molar-refractivity contribution in [3.05, 3.63) is 35.6 Å². The number of hydrogen-bond acceptors (Lipinski definition) is 0.